The van der Waals surface area contributed by atoms with Crippen molar-refractivity contribution in [3.05, 3.63) is 23.0 Å². The van der Waals surface area contributed by atoms with E-state index >= 15 is 0 Å². The molecule has 0 radical (unpaired) electrons. The number of rotatable bonds is 5. The number of aromatic nitrogens is 1. The molecule has 0 aliphatic rings. The van der Waals surface area contributed by atoms with Gasteiger partial charge in [0.25, 0.3) is 5.91 Å². The first-order valence-electron chi connectivity index (χ1n) is 6.21. The molecule has 1 amide bonds. The van der Waals surface area contributed by atoms with Crippen molar-refractivity contribution in [2.24, 2.45) is 5.10 Å². The molecule has 20 heavy (non-hydrogen) atoms. The Morgan fingerprint density at radius 2 is 2.15 bits per heavy atom. The van der Waals surface area contributed by atoms with Crippen LogP contribution in [0.15, 0.2) is 11.3 Å². The molecule has 110 valence electrons. The van der Waals surface area contributed by atoms with Gasteiger partial charge in [-0.05, 0) is 0 Å². The van der Waals surface area contributed by atoms with Crippen LogP contribution in [-0.4, -0.2) is 54.5 Å². The second-order valence-corrected chi connectivity index (χ2v) is 5.60. The highest BCUT2D eigenvalue weighted by molar-refractivity contribution is 5.86. The molecular weight excluding hydrogens is 260 g/mol. The van der Waals surface area contributed by atoms with Crippen LogP contribution in [0.2, 0.25) is 0 Å². The number of aromatic hydroxyl groups is 1. The number of likely N-dealkylation sites (N-methyl/N-ethyl adjacent to an activating group) is 1. The number of carbonyl (C=O) groups is 1. The summed E-state index contributed by atoms with van der Waals surface area (Å²) in [4.78, 5) is 14.4. The molecule has 1 aromatic rings. The fourth-order valence-electron chi connectivity index (χ4n) is 1.61. The van der Waals surface area contributed by atoms with E-state index in [0.29, 0.717) is 21.3 Å². The maximum atomic E-state index is 11.6. The van der Waals surface area contributed by atoms with Crippen LogP contribution < -0.4 is 10.4 Å². The number of carbonyl (C=O) groups excluding carboxylic acids is 1. The van der Waals surface area contributed by atoms with Crippen molar-refractivity contribution >= 4 is 12.1 Å². The van der Waals surface area contributed by atoms with Gasteiger partial charge in [-0.15, -0.1) is 0 Å². The van der Waals surface area contributed by atoms with Gasteiger partial charge in [-0.25, -0.2) is 10.4 Å². The quantitative estimate of drug-likeness (QED) is 0.373. The van der Waals surface area contributed by atoms with E-state index in [1.807, 2.05) is 21.1 Å². The smallest absolute Gasteiger partial charge is 0.295 e. The number of nitrogens with one attached hydrogen (secondary N) is 2. The number of aliphatic hydroxyl groups excluding tert-OH is 1. The molecule has 0 aliphatic heterocycles. The molecule has 0 aliphatic carbocycles. The Bertz CT molecular complexity index is 521. The minimum Gasteiger partial charge on any atom is -0.502 e. The summed E-state index contributed by atoms with van der Waals surface area (Å²) in [5, 5.41) is 22.9. The lowest BCUT2D eigenvalue weighted by Gasteiger charge is -2.22. The number of nitrogens with zero attached hydrogens (tertiary/aromatic N) is 2. The number of aryl methyl sites for hydroxylation is 1. The summed E-state index contributed by atoms with van der Waals surface area (Å²) in [5.74, 6) is -0.223. The van der Waals surface area contributed by atoms with Gasteiger partial charge in [-0.1, -0.05) is 0 Å². The second kappa shape index (κ2) is 6.44. The average molecular weight is 282 g/mol. The lowest BCUT2D eigenvalue weighted by molar-refractivity contribution is -0.862. The number of hydrazone groups is 1. The van der Waals surface area contributed by atoms with Crippen molar-refractivity contribution < 1.29 is 24.5 Å². The largest absolute Gasteiger partial charge is 0.502 e. The Balaban J connectivity index is 2.81. The van der Waals surface area contributed by atoms with Gasteiger partial charge in [-0.3, -0.25) is 4.79 Å². The van der Waals surface area contributed by atoms with Crippen molar-refractivity contribution in [3.63, 3.8) is 0 Å². The second-order valence-electron chi connectivity index (χ2n) is 5.60. The van der Waals surface area contributed by atoms with Crippen LogP contribution in [0.1, 0.15) is 16.8 Å². The van der Waals surface area contributed by atoms with Crippen molar-refractivity contribution in [1.82, 2.24) is 5.43 Å². The summed E-state index contributed by atoms with van der Waals surface area (Å²) in [6.45, 7) is 1.75. The SMILES string of the molecule is Cc1[nH+]cc(CO)c(C=NNC(=O)C[N+](C)(C)C)c1O. The summed E-state index contributed by atoms with van der Waals surface area (Å²) in [6, 6.07) is 0. The topological polar surface area (TPSA) is 96.1 Å². The predicted octanol–water partition coefficient (Wildman–Crippen LogP) is -0.837. The molecule has 0 fully saturated rings. The highest BCUT2D eigenvalue weighted by Crippen LogP contribution is 2.19. The van der Waals surface area contributed by atoms with Gasteiger partial charge in [0.1, 0.15) is 0 Å². The van der Waals surface area contributed by atoms with Gasteiger partial charge in [0.15, 0.2) is 18.5 Å². The standard InChI is InChI=1S/C13H20N4O3/c1-9-13(20)11(10(8-18)5-14-9)6-15-16-12(19)7-17(2,3)4/h5-6,18H,7-8H2,1-4H3,(H-,14,15,16,19,20)/p+2. The molecule has 1 aromatic heterocycles. The van der Waals surface area contributed by atoms with E-state index in [0.717, 1.165) is 0 Å². The van der Waals surface area contributed by atoms with E-state index in [1.54, 1.807) is 13.1 Å². The molecule has 0 saturated heterocycles. The first-order valence-corrected chi connectivity index (χ1v) is 6.21. The lowest BCUT2D eigenvalue weighted by atomic mass is 10.1. The van der Waals surface area contributed by atoms with Gasteiger partial charge in [0.2, 0.25) is 5.69 Å². The number of amides is 1. The molecular formula is C13H22N4O3+2. The van der Waals surface area contributed by atoms with Crippen LogP contribution in [0, 0.1) is 6.92 Å². The van der Waals surface area contributed by atoms with Crippen molar-refractivity contribution in [2.75, 3.05) is 27.7 Å². The van der Waals surface area contributed by atoms with Gasteiger partial charge in [-0.2, -0.15) is 5.10 Å². The monoisotopic (exact) mass is 282 g/mol. The molecule has 0 saturated carbocycles. The molecule has 0 spiro atoms. The van der Waals surface area contributed by atoms with Crippen LogP contribution in [0.5, 0.6) is 5.75 Å². The van der Waals surface area contributed by atoms with Crippen LogP contribution >= 0.6 is 0 Å². The first kappa shape index (κ1) is 16.1. The molecule has 0 bridgehead atoms. The van der Waals surface area contributed by atoms with Crippen LogP contribution in [0.4, 0.5) is 0 Å². The fourth-order valence-corrected chi connectivity index (χ4v) is 1.61. The third kappa shape index (κ3) is 4.60. The summed E-state index contributed by atoms with van der Waals surface area (Å²) >= 11 is 0. The summed E-state index contributed by atoms with van der Waals surface area (Å²) in [6.07, 6.45) is 2.92. The molecule has 1 heterocycles. The van der Waals surface area contributed by atoms with Crippen molar-refractivity contribution in [2.45, 2.75) is 13.5 Å². The first-order chi connectivity index (χ1) is 9.24. The number of hydrogen-bond donors (Lipinski definition) is 3. The zero-order valence-electron chi connectivity index (χ0n) is 12.3. The number of aliphatic hydroxyl groups is 1. The van der Waals surface area contributed by atoms with Crippen LogP contribution in [0.3, 0.4) is 0 Å². The van der Waals surface area contributed by atoms with Gasteiger partial charge in [0.05, 0.1) is 45.1 Å². The summed E-state index contributed by atoms with van der Waals surface area (Å²) in [7, 11) is 5.69. The van der Waals surface area contributed by atoms with Crippen molar-refractivity contribution in [3.8, 4) is 5.75 Å². The number of quaternary nitrogens is 1. The Kier molecular flexibility index (Phi) is 5.18. The molecule has 0 atom stereocenters. The third-order valence-corrected chi connectivity index (χ3v) is 2.59. The van der Waals surface area contributed by atoms with Crippen molar-refractivity contribution in [1.29, 1.82) is 0 Å². The zero-order valence-corrected chi connectivity index (χ0v) is 12.3. The Labute approximate surface area is 118 Å². The van der Waals surface area contributed by atoms with E-state index < -0.39 is 0 Å². The maximum absolute atomic E-state index is 11.6. The normalized spacial score (nSPS) is 11.8. The van der Waals surface area contributed by atoms with E-state index in [9.17, 15) is 15.0 Å². The molecule has 0 aromatic carbocycles. The highest BCUT2D eigenvalue weighted by Gasteiger charge is 2.15. The van der Waals surface area contributed by atoms with Crippen LogP contribution in [0.25, 0.3) is 0 Å². The molecule has 4 N–H and O–H groups in total. The van der Waals surface area contributed by atoms with Gasteiger partial charge in [0, 0.05) is 6.92 Å². The maximum Gasteiger partial charge on any atom is 0.295 e. The van der Waals surface area contributed by atoms with Crippen LogP contribution in [-0.2, 0) is 11.4 Å². The van der Waals surface area contributed by atoms with E-state index in [4.69, 9.17) is 0 Å². The van der Waals surface area contributed by atoms with E-state index in [2.05, 4.69) is 15.5 Å². The third-order valence-electron chi connectivity index (χ3n) is 2.59. The summed E-state index contributed by atoms with van der Waals surface area (Å²) < 4.78 is 0.494. The number of hydrogen-bond acceptors (Lipinski definition) is 4. The number of pyridine rings is 1. The Morgan fingerprint density at radius 3 is 2.70 bits per heavy atom. The molecule has 7 heteroatoms. The van der Waals surface area contributed by atoms with E-state index in [-0.39, 0.29) is 24.8 Å². The van der Waals surface area contributed by atoms with Gasteiger partial charge < -0.3 is 14.7 Å². The lowest BCUT2D eigenvalue weighted by Crippen LogP contribution is -2.43. The highest BCUT2D eigenvalue weighted by atomic mass is 16.3. The zero-order chi connectivity index (χ0) is 15.3. The molecule has 0 unspecified atom stereocenters. The predicted molar refractivity (Wildman–Crippen MR) is 74.0 cm³/mol. The minimum atomic E-state index is -0.238. The van der Waals surface area contributed by atoms with E-state index in [1.165, 1.54) is 6.21 Å². The summed E-state index contributed by atoms with van der Waals surface area (Å²) in [5.41, 5.74) is 3.84. The Morgan fingerprint density at radius 1 is 1.50 bits per heavy atom. The number of aromatic amines is 1. The molecule has 7 nitrogen and oxygen atoms in total. The molecule has 1 rings (SSSR count). The van der Waals surface area contributed by atoms with Gasteiger partial charge >= 0.3 is 0 Å². The number of H-pyrrole nitrogens is 1. The average Bonchev–Trinajstić information content (AvgIpc) is 2.32. The minimum absolute atomic E-state index is 0.00107. The Hall–Kier alpha value is -1.99. The fraction of sp³-hybridized carbons (Fsp3) is 0.462.